The van der Waals surface area contributed by atoms with E-state index in [1.165, 1.54) is 32.2 Å². The van der Waals surface area contributed by atoms with Crippen molar-refractivity contribution in [2.24, 2.45) is 0 Å². The van der Waals surface area contributed by atoms with E-state index in [0.717, 1.165) is 19.1 Å². The minimum Gasteiger partial charge on any atom is -0.314 e. The Labute approximate surface area is 95.4 Å². The highest BCUT2D eigenvalue weighted by Gasteiger charge is 2.32. The van der Waals surface area contributed by atoms with Crippen LogP contribution >= 0.6 is 0 Å². The molecule has 1 N–H and O–H groups in total. The molecule has 0 amide bonds. The lowest BCUT2D eigenvalue weighted by molar-refractivity contribution is 0.0476. The van der Waals surface area contributed by atoms with Crippen molar-refractivity contribution in [3.05, 3.63) is 0 Å². The SMILES string of the molecule is CCCCCC(C)N1CCNCC1(C)C. The first kappa shape index (κ1) is 13.0. The predicted octanol–water partition coefficient (Wildman–Crippen LogP) is 2.64. The Hall–Kier alpha value is -0.0800. The van der Waals surface area contributed by atoms with E-state index >= 15 is 0 Å². The Morgan fingerprint density at radius 2 is 2.07 bits per heavy atom. The van der Waals surface area contributed by atoms with Crippen LogP contribution in [0.15, 0.2) is 0 Å². The topological polar surface area (TPSA) is 15.3 Å². The summed E-state index contributed by atoms with van der Waals surface area (Å²) < 4.78 is 0. The van der Waals surface area contributed by atoms with Gasteiger partial charge in [0.2, 0.25) is 0 Å². The number of hydrogen-bond donors (Lipinski definition) is 1. The number of unbranched alkanes of at least 4 members (excludes halogenated alkanes) is 2. The molecule has 1 aliphatic heterocycles. The smallest absolute Gasteiger partial charge is 0.0281 e. The molecule has 0 aliphatic carbocycles. The summed E-state index contributed by atoms with van der Waals surface area (Å²) in [6.07, 6.45) is 5.46. The third kappa shape index (κ3) is 3.76. The number of nitrogens with one attached hydrogen (secondary N) is 1. The van der Waals surface area contributed by atoms with E-state index in [1.807, 2.05) is 0 Å². The molecule has 0 radical (unpaired) electrons. The lowest BCUT2D eigenvalue weighted by Gasteiger charge is -2.46. The van der Waals surface area contributed by atoms with Gasteiger partial charge in [-0.05, 0) is 27.2 Å². The van der Waals surface area contributed by atoms with Crippen molar-refractivity contribution in [3.63, 3.8) is 0 Å². The Morgan fingerprint density at radius 1 is 1.33 bits per heavy atom. The van der Waals surface area contributed by atoms with E-state index in [1.54, 1.807) is 0 Å². The molecular formula is C13H28N2. The predicted molar refractivity (Wildman–Crippen MR) is 67.3 cm³/mol. The van der Waals surface area contributed by atoms with Gasteiger partial charge in [0.15, 0.2) is 0 Å². The van der Waals surface area contributed by atoms with Gasteiger partial charge in [0, 0.05) is 31.2 Å². The fourth-order valence-corrected chi connectivity index (χ4v) is 2.66. The second-order valence-corrected chi connectivity index (χ2v) is 5.53. The van der Waals surface area contributed by atoms with Gasteiger partial charge in [0.05, 0.1) is 0 Å². The zero-order valence-corrected chi connectivity index (χ0v) is 11.0. The first-order chi connectivity index (χ1) is 7.08. The summed E-state index contributed by atoms with van der Waals surface area (Å²) in [6, 6.07) is 0.744. The van der Waals surface area contributed by atoms with Crippen LogP contribution in [0.2, 0.25) is 0 Å². The van der Waals surface area contributed by atoms with Crippen LogP contribution in [0.1, 0.15) is 53.4 Å². The van der Waals surface area contributed by atoms with Gasteiger partial charge in [-0.3, -0.25) is 4.90 Å². The van der Waals surface area contributed by atoms with E-state index in [4.69, 9.17) is 0 Å². The monoisotopic (exact) mass is 212 g/mol. The summed E-state index contributed by atoms with van der Waals surface area (Å²) in [6.45, 7) is 12.9. The van der Waals surface area contributed by atoms with Crippen molar-refractivity contribution in [2.75, 3.05) is 19.6 Å². The zero-order valence-electron chi connectivity index (χ0n) is 11.0. The lowest BCUT2D eigenvalue weighted by atomic mass is 9.96. The number of piperazine rings is 1. The Balaban J connectivity index is 2.38. The molecule has 1 aliphatic rings. The van der Waals surface area contributed by atoms with Gasteiger partial charge >= 0.3 is 0 Å². The fourth-order valence-electron chi connectivity index (χ4n) is 2.66. The molecule has 2 nitrogen and oxygen atoms in total. The van der Waals surface area contributed by atoms with Crippen molar-refractivity contribution in [3.8, 4) is 0 Å². The first-order valence-corrected chi connectivity index (χ1v) is 6.55. The molecule has 0 spiro atoms. The Bertz CT molecular complexity index is 177. The van der Waals surface area contributed by atoms with Crippen molar-refractivity contribution in [2.45, 2.75) is 65.0 Å². The number of nitrogens with zero attached hydrogens (tertiary/aromatic N) is 1. The average molecular weight is 212 g/mol. The van der Waals surface area contributed by atoms with Crippen molar-refractivity contribution in [1.29, 1.82) is 0 Å². The average Bonchev–Trinajstić information content (AvgIpc) is 2.17. The zero-order chi connectivity index (χ0) is 11.3. The molecule has 90 valence electrons. The molecule has 0 aromatic rings. The molecule has 0 aromatic heterocycles. The highest BCUT2D eigenvalue weighted by atomic mass is 15.3. The van der Waals surface area contributed by atoms with E-state index in [0.29, 0.717) is 5.54 Å². The quantitative estimate of drug-likeness (QED) is 0.705. The molecule has 0 saturated carbocycles. The summed E-state index contributed by atoms with van der Waals surface area (Å²) in [5.74, 6) is 0. The summed E-state index contributed by atoms with van der Waals surface area (Å²) in [5.41, 5.74) is 0.337. The van der Waals surface area contributed by atoms with Gasteiger partial charge in [-0.2, -0.15) is 0 Å². The van der Waals surface area contributed by atoms with Crippen LogP contribution in [-0.2, 0) is 0 Å². The maximum Gasteiger partial charge on any atom is 0.0281 e. The van der Waals surface area contributed by atoms with Gasteiger partial charge in [0.1, 0.15) is 0 Å². The third-order valence-corrected chi connectivity index (χ3v) is 3.62. The van der Waals surface area contributed by atoms with Crippen LogP contribution in [0.3, 0.4) is 0 Å². The second kappa shape index (κ2) is 5.86. The normalized spacial score (nSPS) is 24.0. The van der Waals surface area contributed by atoms with Gasteiger partial charge in [0.25, 0.3) is 0 Å². The number of rotatable bonds is 5. The Morgan fingerprint density at radius 3 is 2.67 bits per heavy atom. The van der Waals surface area contributed by atoms with Crippen LogP contribution < -0.4 is 5.32 Å². The highest BCUT2D eigenvalue weighted by molar-refractivity contribution is 4.90. The van der Waals surface area contributed by atoms with Crippen LogP contribution in [0.5, 0.6) is 0 Å². The minimum absolute atomic E-state index is 0.337. The molecule has 1 heterocycles. The molecule has 0 bridgehead atoms. The van der Waals surface area contributed by atoms with Crippen LogP contribution in [0.4, 0.5) is 0 Å². The van der Waals surface area contributed by atoms with Gasteiger partial charge < -0.3 is 5.32 Å². The van der Waals surface area contributed by atoms with Crippen LogP contribution in [0, 0.1) is 0 Å². The van der Waals surface area contributed by atoms with E-state index < -0.39 is 0 Å². The van der Waals surface area contributed by atoms with Crippen molar-refractivity contribution >= 4 is 0 Å². The standard InChI is InChI=1S/C13H28N2/c1-5-6-7-8-12(2)15-10-9-14-11-13(15,3)4/h12,14H,5-11H2,1-4H3. The molecule has 1 atom stereocenters. The molecule has 1 fully saturated rings. The van der Waals surface area contributed by atoms with Gasteiger partial charge in [-0.15, -0.1) is 0 Å². The highest BCUT2D eigenvalue weighted by Crippen LogP contribution is 2.22. The van der Waals surface area contributed by atoms with E-state index in [-0.39, 0.29) is 0 Å². The van der Waals surface area contributed by atoms with E-state index in [2.05, 4.69) is 37.9 Å². The van der Waals surface area contributed by atoms with Gasteiger partial charge in [-0.1, -0.05) is 26.2 Å². The van der Waals surface area contributed by atoms with Crippen molar-refractivity contribution in [1.82, 2.24) is 10.2 Å². The summed E-state index contributed by atoms with van der Waals surface area (Å²) in [7, 11) is 0. The molecule has 2 heteroatoms. The molecule has 0 aromatic carbocycles. The maximum absolute atomic E-state index is 3.49. The van der Waals surface area contributed by atoms with Crippen LogP contribution in [0.25, 0.3) is 0 Å². The molecule has 1 rings (SSSR count). The van der Waals surface area contributed by atoms with Crippen molar-refractivity contribution < 1.29 is 0 Å². The number of hydrogen-bond acceptors (Lipinski definition) is 2. The fraction of sp³-hybridized carbons (Fsp3) is 1.00. The van der Waals surface area contributed by atoms with E-state index in [9.17, 15) is 0 Å². The molecule has 15 heavy (non-hydrogen) atoms. The summed E-state index contributed by atoms with van der Waals surface area (Å²) >= 11 is 0. The largest absolute Gasteiger partial charge is 0.314 e. The summed E-state index contributed by atoms with van der Waals surface area (Å²) in [5, 5.41) is 3.49. The first-order valence-electron chi connectivity index (χ1n) is 6.55. The molecule has 1 saturated heterocycles. The second-order valence-electron chi connectivity index (χ2n) is 5.53. The lowest BCUT2D eigenvalue weighted by Crippen LogP contribution is -2.60. The minimum atomic E-state index is 0.337. The summed E-state index contributed by atoms with van der Waals surface area (Å²) in [4.78, 5) is 2.68. The maximum atomic E-state index is 3.49. The van der Waals surface area contributed by atoms with Gasteiger partial charge in [-0.25, -0.2) is 0 Å². The molecular weight excluding hydrogens is 184 g/mol. The Kier molecular flexibility index (Phi) is 5.07. The third-order valence-electron chi connectivity index (χ3n) is 3.62. The molecule has 1 unspecified atom stereocenters. The van der Waals surface area contributed by atoms with Crippen LogP contribution in [-0.4, -0.2) is 36.1 Å².